The van der Waals surface area contributed by atoms with Crippen molar-refractivity contribution in [3.05, 3.63) is 150 Å². The highest BCUT2D eigenvalue weighted by atomic mass is 32.1. The molecule has 3 fully saturated rings. The molecule has 6 aromatic carbocycles. The van der Waals surface area contributed by atoms with E-state index in [2.05, 4.69) is 146 Å². The third-order valence-electron chi connectivity index (χ3n) is 15.4. The van der Waals surface area contributed by atoms with E-state index in [1.165, 1.54) is 117 Å². The van der Waals surface area contributed by atoms with Gasteiger partial charge in [0.05, 0.1) is 11.4 Å². The van der Waals surface area contributed by atoms with Crippen LogP contribution in [0.3, 0.4) is 0 Å². The lowest BCUT2D eigenvalue weighted by atomic mass is 9.49. The topological polar surface area (TPSA) is 3.24 Å². The molecule has 0 amide bonds. The molecule has 5 aliphatic rings. The molecule has 2 bridgehead atoms. The number of anilines is 3. The maximum Gasteiger partial charge on any atom is 0.0543 e. The summed E-state index contributed by atoms with van der Waals surface area (Å²) in [5, 5.41) is 2.71. The van der Waals surface area contributed by atoms with Crippen LogP contribution in [0.25, 0.3) is 42.4 Å². The third-order valence-corrected chi connectivity index (χ3v) is 16.5. The van der Waals surface area contributed by atoms with Crippen molar-refractivity contribution in [1.82, 2.24) is 0 Å². The molecule has 55 heavy (non-hydrogen) atoms. The van der Waals surface area contributed by atoms with Crippen LogP contribution in [0.2, 0.25) is 0 Å². The summed E-state index contributed by atoms with van der Waals surface area (Å²) in [6.07, 6.45) is 11.9. The van der Waals surface area contributed by atoms with E-state index in [9.17, 15) is 0 Å². The van der Waals surface area contributed by atoms with Gasteiger partial charge in [-0.3, -0.25) is 0 Å². The highest BCUT2D eigenvalue weighted by Crippen LogP contribution is 2.67. The van der Waals surface area contributed by atoms with Crippen molar-refractivity contribution < 1.29 is 0 Å². The Morgan fingerprint density at radius 3 is 2.02 bits per heavy atom. The van der Waals surface area contributed by atoms with Crippen LogP contribution in [-0.4, -0.2) is 0 Å². The standard InChI is InChI=1S/C53H49NS/c1-33-28-35-30-34(2)53(36(29-33)31-35)43-18-8-5-16-41(43)51-45(53)20-13-22-47(51)54(37-24-25-39-38-14-6-9-23-48(38)55-49(39)32-37)46-21-12-19-44-50(46)40-15-4-7-17-42(40)52(44)26-10-3-11-27-52/h4-9,12-25,32-36H,3,10-11,26-31H2,1-2H3/t33-,34+,35?,36-,53-/m1/s1. The molecular formula is C53H49NS. The highest BCUT2D eigenvalue weighted by molar-refractivity contribution is 7.25. The molecule has 5 aliphatic carbocycles. The maximum absolute atomic E-state index is 2.70. The fourth-order valence-corrected chi connectivity index (χ4v) is 14.7. The monoisotopic (exact) mass is 731 g/mol. The number of rotatable bonds is 3. The minimum absolute atomic E-state index is 0.0472. The van der Waals surface area contributed by atoms with Gasteiger partial charge in [-0.1, -0.05) is 130 Å². The molecule has 12 rings (SSSR count). The van der Waals surface area contributed by atoms with Gasteiger partial charge in [0.25, 0.3) is 0 Å². The van der Waals surface area contributed by atoms with Gasteiger partial charge in [-0.2, -0.15) is 0 Å². The lowest BCUT2D eigenvalue weighted by molar-refractivity contribution is 0.0426. The fraction of sp³-hybridized carbons (Fsp3) is 0.321. The zero-order chi connectivity index (χ0) is 36.5. The molecule has 0 radical (unpaired) electrons. The molecule has 2 spiro atoms. The molecular weight excluding hydrogens is 683 g/mol. The molecule has 3 saturated carbocycles. The van der Waals surface area contributed by atoms with E-state index in [0.717, 1.165) is 11.8 Å². The third kappa shape index (κ3) is 4.36. The van der Waals surface area contributed by atoms with Gasteiger partial charge in [-0.25, -0.2) is 0 Å². The Bertz CT molecular complexity index is 2670. The number of fused-ring (bicyclic) bond motifs is 16. The average Bonchev–Trinajstić information content (AvgIpc) is 3.83. The summed E-state index contributed by atoms with van der Waals surface area (Å²) in [4.78, 5) is 2.70. The Morgan fingerprint density at radius 1 is 0.545 bits per heavy atom. The molecule has 5 atom stereocenters. The van der Waals surface area contributed by atoms with Gasteiger partial charge in [0.2, 0.25) is 0 Å². The summed E-state index contributed by atoms with van der Waals surface area (Å²) >= 11 is 1.93. The van der Waals surface area contributed by atoms with Crippen LogP contribution < -0.4 is 4.90 Å². The Hall–Kier alpha value is -4.66. The Labute approximate surface area is 330 Å². The molecule has 1 nitrogen and oxygen atoms in total. The Kier molecular flexibility index (Phi) is 7.06. The van der Waals surface area contributed by atoms with Gasteiger partial charge >= 0.3 is 0 Å². The van der Waals surface area contributed by atoms with E-state index < -0.39 is 0 Å². The molecule has 272 valence electrons. The number of hydrogen-bond acceptors (Lipinski definition) is 2. The van der Waals surface area contributed by atoms with E-state index in [0.29, 0.717) is 11.8 Å². The highest BCUT2D eigenvalue weighted by Gasteiger charge is 2.57. The number of thiophene rings is 1. The van der Waals surface area contributed by atoms with Gasteiger partial charge in [-0.15, -0.1) is 11.3 Å². The van der Waals surface area contributed by atoms with Crippen molar-refractivity contribution in [2.24, 2.45) is 23.7 Å². The van der Waals surface area contributed by atoms with Crippen LogP contribution in [0.4, 0.5) is 17.1 Å². The molecule has 0 aliphatic heterocycles. The van der Waals surface area contributed by atoms with E-state index in [1.54, 1.807) is 22.3 Å². The molecule has 1 aromatic heterocycles. The van der Waals surface area contributed by atoms with E-state index in [4.69, 9.17) is 0 Å². The number of benzene rings is 6. The van der Waals surface area contributed by atoms with Crippen LogP contribution in [0.5, 0.6) is 0 Å². The fourth-order valence-electron chi connectivity index (χ4n) is 13.6. The molecule has 2 heteroatoms. The summed E-state index contributed by atoms with van der Waals surface area (Å²) in [5.41, 5.74) is 16.1. The van der Waals surface area contributed by atoms with Gasteiger partial charge in [-0.05, 0) is 126 Å². The van der Waals surface area contributed by atoms with Crippen molar-refractivity contribution in [2.75, 3.05) is 4.90 Å². The lowest BCUT2D eigenvalue weighted by Gasteiger charge is -2.54. The second-order valence-electron chi connectivity index (χ2n) is 18.1. The minimum atomic E-state index is 0.0472. The minimum Gasteiger partial charge on any atom is -0.309 e. The summed E-state index contributed by atoms with van der Waals surface area (Å²) in [6.45, 7) is 5.13. The molecule has 0 saturated heterocycles. The molecule has 0 N–H and O–H groups in total. The largest absolute Gasteiger partial charge is 0.309 e. The van der Waals surface area contributed by atoms with Crippen LogP contribution in [0, 0.1) is 23.7 Å². The zero-order valence-corrected chi connectivity index (χ0v) is 33.0. The van der Waals surface area contributed by atoms with Gasteiger partial charge < -0.3 is 4.90 Å². The van der Waals surface area contributed by atoms with E-state index >= 15 is 0 Å². The summed E-state index contributed by atoms with van der Waals surface area (Å²) in [6, 6.07) is 50.1. The molecule has 1 heterocycles. The second-order valence-corrected chi connectivity index (χ2v) is 19.2. The van der Waals surface area contributed by atoms with Crippen molar-refractivity contribution in [3.63, 3.8) is 0 Å². The SMILES string of the molecule is C[C@@H]1CC2C[C@@H](C1)[C@@]1(c3ccccc3-c3c(N(c4ccc5c(c4)sc4ccccc45)c4cccc5c4-c4ccccc4C54CCCCC4)cccc31)[C@@H](C)C2. The summed E-state index contributed by atoms with van der Waals surface area (Å²) < 4.78 is 2.71. The van der Waals surface area contributed by atoms with E-state index in [-0.39, 0.29) is 10.8 Å². The summed E-state index contributed by atoms with van der Waals surface area (Å²) in [7, 11) is 0. The number of hydrogen-bond donors (Lipinski definition) is 0. The predicted octanol–water partition coefficient (Wildman–Crippen LogP) is 15.1. The van der Waals surface area contributed by atoms with Crippen molar-refractivity contribution >= 4 is 48.6 Å². The molecule has 7 aromatic rings. The van der Waals surface area contributed by atoms with E-state index in [1.807, 2.05) is 11.3 Å². The quantitative estimate of drug-likeness (QED) is 0.175. The van der Waals surface area contributed by atoms with Gasteiger partial charge in [0.15, 0.2) is 0 Å². The summed E-state index contributed by atoms with van der Waals surface area (Å²) in [5.74, 6) is 2.92. The van der Waals surface area contributed by atoms with Crippen LogP contribution in [-0.2, 0) is 10.8 Å². The van der Waals surface area contributed by atoms with Crippen LogP contribution in [0.1, 0.15) is 93.9 Å². The van der Waals surface area contributed by atoms with Crippen molar-refractivity contribution in [2.45, 2.75) is 82.5 Å². The first kappa shape index (κ1) is 32.6. The first-order chi connectivity index (χ1) is 27.1. The van der Waals surface area contributed by atoms with Gasteiger partial charge in [0.1, 0.15) is 0 Å². The first-order valence-corrected chi connectivity index (χ1v) is 22.1. The maximum atomic E-state index is 2.70. The zero-order valence-electron chi connectivity index (χ0n) is 32.2. The molecule has 1 unspecified atom stereocenters. The van der Waals surface area contributed by atoms with Crippen LogP contribution in [0.15, 0.2) is 127 Å². The Morgan fingerprint density at radius 2 is 1.20 bits per heavy atom. The normalized spacial score (nSPS) is 25.6. The first-order valence-electron chi connectivity index (χ1n) is 21.2. The van der Waals surface area contributed by atoms with Crippen molar-refractivity contribution in [1.29, 1.82) is 0 Å². The van der Waals surface area contributed by atoms with Gasteiger partial charge in [0, 0.05) is 47.8 Å². The second kappa shape index (κ2) is 11.9. The number of nitrogens with zero attached hydrogens (tertiary/aromatic N) is 1. The van der Waals surface area contributed by atoms with Crippen molar-refractivity contribution in [3.8, 4) is 22.3 Å². The van der Waals surface area contributed by atoms with Crippen LogP contribution >= 0.6 is 11.3 Å². The average molecular weight is 732 g/mol. The predicted molar refractivity (Wildman–Crippen MR) is 233 cm³/mol. The lowest BCUT2D eigenvalue weighted by Crippen LogP contribution is -2.49. The smallest absolute Gasteiger partial charge is 0.0543 e. The Balaban J connectivity index is 1.16.